The van der Waals surface area contributed by atoms with Crippen molar-refractivity contribution in [1.29, 1.82) is 0 Å². The minimum absolute atomic E-state index is 0.203. The number of piperidine rings is 1. The van der Waals surface area contributed by atoms with Crippen LogP contribution in [0.1, 0.15) is 36.0 Å². The van der Waals surface area contributed by atoms with Crippen LogP contribution >= 0.6 is 0 Å². The van der Waals surface area contributed by atoms with Crippen LogP contribution < -0.4 is 4.74 Å². The lowest BCUT2D eigenvalue weighted by atomic mass is 10.0. The Kier molecular flexibility index (Phi) is 3.66. The van der Waals surface area contributed by atoms with Gasteiger partial charge in [0.1, 0.15) is 17.4 Å². The molecule has 1 aromatic carbocycles. The van der Waals surface area contributed by atoms with E-state index in [0.717, 1.165) is 12.8 Å². The van der Waals surface area contributed by atoms with E-state index in [0.29, 0.717) is 23.4 Å². The van der Waals surface area contributed by atoms with Gasteiger partial charge in [-0.05, 0) is 44.9 Å². The molecule has 0 N–H and O–H groups in total. The number of ether oxygens (including phenoxy) is 2. The van der Waals surface area contributed by atoms with Gasteiger partial charge in [0.05, 0.1) is 7.11 Å². The topological polar surface area (TPSA) is 38.8 Å². The second-order valence-electron chi connectivity index (χ2n) is 5.75. The predicted molar refractivity (Wildman–Crippen MR) is 76.0 cm³/mol. The van der Waals surface area contributed by atoms with Crippen molar-refractivity contribution < 1.29 is 14.3 Å². The molecular weight excluding hydrogens is 254 g/mol. The molecule has 3 rings (SSSR count). The Morgan fingerprint density at radius 3 is 2.50 bits per heavy atom. The third kappa shape index (κ3) is 2.40. The number of methoxy groups -OCH3 is 1. The molecule has 108 valence electrons. The van der Waals surface area contributed by atoms with Crippen LogP contribution in [0.25, 0.3) is 0 Å². The first-order valence-corrected chi connectivity index (χ1v) is 7.25. The number of fused-ring (bicyclic) bond motifs is 2. The molecule has 4 nitrogen and oxygen atoms in total. The molecule has 2 aliphatic heterocycles. The molecule has 0 aliphatic carbocycles. The monoisotopic (exact) mass is 275 g/mol. The normalized spacial score (nSPS) is 29.2. The minimum atomic E-state index is -0.337. The molecule has 4 heteroatoms. The summed E-state index contributed by atoms with van der Waals surface area (Å²) in [5, 5.41) is 0. The number of benzene rings is 1. The van der Waals surface area contributed by atoms with E-state index in [1.807, 2.05) is 18.2 Å². The molecule has 0 saturated carbocycles. The highest BCUT2D eigenvalue weighted by molar-refractivity contribution is 5.92. The smallest absolute Gasteiger partial charge is 0.341 e. The number of esters is 1. The Balaban J connectivity index is 1.74. The van der Waals surface area contributed by atoms with Crippen LogP contribution in [0.2, 0.25) is 0 Å². The molecule has 2 aliphatic rings. The molecule has 2 saturated heterocycles. The van der Waals surface area contributed by atoms with E-state index >= 15 is 0 Å². The fraction of sp³-hybridized carbons (Fsp3) is 0.562. The molecule has 2 heterocycles. The molecule has 0 amide bonds. The number of rotatable bonds is 3. The summed E-state index contributed by atoms with van der Waals surface area (Å²) >= 11 is 0. The molecule has 0 aromatic heterocycles. The lowest BCUT2D eigenvalue weighted by molar-refractivity contribution is 0.0551. The number of nitrogens with zero attached hydrogens (tertiary/aromatic N) is 1. The maximum atomic E-state index is 11.8. The predicted octanol–water partition coefficient (Wildman–Crippen LogP) is 2.48. The summed E-state index contributed by atoms with van der Waals surface area (Å²) in [6, 6.07) is 8.59. The van der Waals surface area contributed by atoms with Crippen LogP contribution in [0.4, 0.5) is 0 Å². The van der Waals surface area contributed by atoms with Gasteiger partial charge in [-0.2, -0.15) is 0 Å². The Hall–Kier alpha value is -1.55. The van der Waals surface area contributed by atoms with E-state index in [-0.39, 0.29) is 12.1 Å². The second-order valence-corrected chi connectivity index (χ2v) is 5.75. The first-order chi connectivity index (χ1) is 9.69. The van der Waals surface area contributed by atoms with Gasteiger partial charge in [-0.1, -0.05) is 12.1 Å². The molecule has 2 unspecified atom stereocenters. The fourth-order valence-electron chi connectivity index (χ4n) is 3.49. The Morgan fingerprint density at radius 2 is 1.85 bits per heavy atom. The number of hydrogen-bond acceptors (Lipinski definition) is 4. The molecule has 1 aromatic rings. The third-order valence-corrected chi connectivity index (χ3v) is 4.64. The minimum Gasteiger partial charge on any atom is -0.489 e. The maximum absolute atomic E-state index is 11.8. The maximum Gasteiger partial charge on any atom is 0.341 e. The Bertz CT molecular complexity index is 488. The zero-order valence-corrected chi connectivity index (χ0v) is 12.0. The lowest BCUT2D eigenvalue weighted by Gasteiger charge is -2.36. The van der Waals surface area contributed by atoms with Crippen molar-refractivity contribution in [3.63, 3.8) is 0 Å². The summed E-state index contributed by atoms with van der Waals surface area (Å²) in [5.74, 6) is 0.310. The van der Waals surface area contributed by atoms with E-state index in [9.17, 15) is 4.79 Å². The number of carbonyl (C=O) groups is 1. The highest BCUT2D eigenvalue weighted by atomic mass is 16.5. The quantitative estimate of drug-likeness (QED) is 0.794. The average molecular weight is 275 g/mol. The van der Waals surface area contributed by atoms with Crippen molar-refractivity contribution in [1.82, 2.24) is 4.90 Å². The van der Waals surface area contributed by atoms with Gasteiger partial charge >= 0.3 is 5.97 Å². The summed E-state index contributed by atoms with van der Waals surface area (Å²) in [7, 11) is 3.61. The average Bonchev–Trinajstić information content (AvgIpc) is 2.69. The van der Waals surface area contributed by atoms with Gasteiger partial charge in [0.25, 0.3) is 0 Å². The van der Waals surface area contributed by atoms with Crippen LogP contribution in [0.15, 0.2) is 24.3 Å². The summed E-state index contributed by atoms with van der Waals surface area (Å²) < 4.78 is 10.9. The van der Waals surface area contributed by atoms with Gasteiger partial charge in [-0.3, -0.25) is 0 Å². The second kappa shape index (κ2) is 5.44. The molecule has 20 heavy (non-hydrogen) atoms. The van der Waals surface area contributed by atoms with Crippen molar-refractivity contribution in [2.45, 2.75) is 43.9 Å². The highest BCUT2D eigenvalue weighted by Gasteiger charge is 2.39. The van der Waals surface area contributed by atoms with Gasteiger partial charge < -0.3 is 14.4 Å². The lowest BCUT2D eigenvalue weighted by Crippen LogP contribution is -2.43. The zero-order chi connectivity index (χ0) is 14.1. The van der Waals surface area contributed by atoms with Crippen molar-refractivity contribution in [2.75, 3.05) is 14.2 Å². The highest BCUT2D eigenvalue weighted by Crippen LogP contribution is 2.36. The largest absolute Gasteiger partial charge is 0.489 e. The standard InChI is InChI=1S/C16H21NO3/c1-17-11-7-8-12(17)10-13(9-11)20-15-6-4-3-5-14(15)16(18)19-2/h3-6,11-13H,7-10H2,1-2H3. The van der Waals surface area contributed by atoms with Gasteiger partial charge in [-0.25, -0.2) is 4.79 Å². The number of hydrogen-bond donors (Lipinski definition) is 0. The summed E-state index contributed by atoms with van der Waals surface area (Å²) in [6.45, 7) is 0. The summed E-state index contributed by atoms with van der Waals surface area (Å²) in [4.78, 5) is 14.2. The third-order valence-electron chi connectivity index (χ3n) is 4.64. The molecule has 0 radical (unpaired) electrons. The van der Waals surface area contributed by atoms with Crippen LogP contribution in [0, 0.1) is 0 Å². The number of para-hydroxylation sites is 1. The van der Waals surface area contributed by atoms with Crippen molar-refractivity contribution in [3.8, 4) is 5.75 Å². The van der Waals surface area contributed by atoms with Gasteiger partial charge in [0, 0.05) is 12.1 Å². The molecular formula is C16H21NO3. The Morgan fingerprint density at radius 1 is 1.20 bits per heavy atom. The van der Waals surface area contributed by atoms with Gasteiger partial charge in [0.2, 0.25) is 0 Å². The molecule has 2 fully saturated rings. The van der Waals surface area contributed by atoms with E-state index in [1.165, 1.54) is 20.0 Å². The SMILES string of the molecule is COC(=O)c1ccccc1OC1CC2CCC(C1)N2C. The van der Waals surface area contributed by atoms with Crippen LogP contribution in [-0.2, 0) is 4.74 Å². The zero-order valence-electron chi connectivity index (χ0n) is 12.0. The van der Waals surface area contributed by atoms with Crippen LogP contribution in [0.3, 0.4) is 0 Å². The van der Waals surface area contributed by atoms with Crippen molar-refractivity contribution in [2.24, 2.45) is 0 Å². The van der Waals surface area contributed by atoms with Crippen LogP contribution in [-0.4, -0.2) is 43.2 Å². The molecule has 2 bridgehead atoms. The fourth-order valence-corrected chi connectivity index (χ4v) is 3.49. The first-order valence-electron chi connectivity index (χ1n) is 7.25. The van der Waals surface area contributed by atoms with E-state index in [1.54, 1.807) is 6.07 Å². The summed E-state index contributed by atoms with van der Waals surface area (Å²) in [6.07, 6.45) is 4.82. The summed E-state index contributed by atoms with van der Waals surface area (Å²) in [5.41, 5.74) is 0.515. The Labute approximate surface area is 119 Å². The van der Waals surface area contributed by atoms with E-state index in [2.05, 4.69) is 11.9 Å². The van der Waals surface area contributed by atoms with E-state index in [4.69, 9.17) is 9.47 Å². The van der Waals surface area contributed by atoms with Crippen molar-refractivity contribution in [3.05, 3.63) is 29.8 Å². The van der Waals surface area contributed by atoms with Crippen LogP contribution in [0.5, 0.6) is 5.75 Å². The van der Waals surface area contributed by atoms with Gasteiger partial charge in [-0.15, -0.1) is 0 Å². The molecule has 0 spiro atoms. The van der Waals surface area contributed by atoms with Crippen molar-refractivity contribution >= 4 is 5.97 Å². The molecule has 2 atom stereocenters. The number of carbonyl (C=O) groups excluding carboxylic acids is 1. The first kappa shape index (κ1) is 13.4. The van der Waals surface area contributed by atoms with Gasteiger partial charge in [0.15, 0.2) is 0 Å². The van der Waals surface area contributed by atoms with E-state index < -0.39 is 0 Å².